The number of benzene rings is 1. The van der Waals surface area contributed by atoms with Crippen LogP contribution < -0.4 is 5.32 Å². The second-order valence-corrected chi connectivity index (χ2v) is 5.40. The van der Waals surface area contributed by atoms with E-state index in [0.29, 0.717) is 0 Å². The topological polar surface area (TPSA) is 12.0 Å². The minimum absolute atomic E-state index is 1.10. The molecule has 1 rings (SSSR count). The van der Waals surface area contributed by atoms with Gasteiger partial charge in [-0.25, -0.2) is 0 Å². The van der Waals surface area contributed by atoms with Crippen LogP contribution in [0.25, 0.3) is 0 Å². The second kappa shape index (κ2) is 8.31. The van der Waals surface area contributed by atoms with Crippen molar-refractivity contribution in [2.45, 2.75) is 59.8 Å². The van der Waals surface area contributed by atoms with E-state index in [1.165, 1.54) is 55.3 Å². The van der Waals surface area contributed by atoms with Gasteiger partial charge in [-0.05, 0) is 69.8 Å². The summed E-state index contributed by atoms with van der Waals surface area (Å²) in [6.07, 6.45) is 6.62. The maximum atomic E-state index is 3.38. The summed E-state index contributed by atoms with van der Waals surface area (Å²) >= 11 is 0. The Kier molecular flexibility index (Phi) is 7.04. The highest BCUT2D eigenvalue weighted by Gasteiger charge is 2.03. The summed E-state index contributed by atoms with van der Waals surface area (Å²) in [6, 6.07) is 4.63. The number of nitrogens with one attached hydrogen (secondary N) is 1. The smallest absolute Gasteiger partial charge is 0.00490 e. The molecule has 102 valence electrons. The molecule has 0 aliphatic rings. The summed E-state index contributed by atoms with van der Waals surface area (Å²) < 4.78 is 0. The molecule has 18 heavy (non-hydrogen) atoms. The molecule has 0 bridgehead atoms. The minimum Gasteiger partial charge on any atom is -0.317 e. The van der Waals surface area contributed by atoms with Crippen molar-refractivity contribution >= 4 is 0 Å². The summed E-state index contributed by atoms with van der Waals surface area (Å²) in [5.41, 5.74) is 5.91. The van der Waals surface area contributed by atoms with Crippen molar-refractivity contribution in [2.24, 2.45) is 0 Å². The molecule has 0 atom stereocenters. The van der Waals surface area contributed by atoms with Gasteiger partial charge in [0.2, 0.25) is 0 Å². The van der Waals surface area contributed by atoms with E-state index in [9.17, 15) is 0 Å². The van der Waals surface area contributed by atoms with E-state index < -0.39 is 0 Å². The van der Waals surface area contributed by atoms with Crippen molar-refractivity contribution in [1.29, 1.82) is 0 Å². The Morgan fingerprint density at radius 1 is 0.889 bits per heavy atom. The fraction of sp³-hybridized carbons (Fsp3) is 0.647. The van der Waals surface area contributed by atoms with Crippen molar-refractivity contribution in [2.75, 3.05) is 13.1 Å². The van der Waals surface area contributed by atoms with Gasteiger partial charge in [-0.15, -0.1) is 0 Å². The summed E-state index contributed by atoms with van der Waals surface area (Å²) in [6.45, 7) is 11.1. The molecule has 0 unspecified atom stereocenters. The van der Waals surface area contributed by atoms with Crippen LogP contribution in [0.15, 0.2) is 12.1 Å². The van der Waals surface area contributed by atoms with Gasteiger partial charge in [0, 0.05) is 0 Å². The van der Waals surface area contributed by atoms with Gasteiger partial charge in [-0.1, -0.05) is 37.5 Å². The number of rotatable bonds is 8. The van der Waals surface area contributed by atoms with E-state index in [1.807, 2.05) is 0 Å². The molecule has 0 aromatic heterocycles. The zero-order valence-electron chi connectivity index (χ0n) is 12.6. The Hall–Kier alpha value is -0.820. The van der Waals surface area contributed by atoms with Gasteiger partial charge < -0.3 is 5.32 Å². The van der Waals surface area contributed by atoms with Crippen LogP contribution in [0.5, 0.6) is 0 Å². The highest BCUT2D eigenvalue weighted by Crippen LogP contribution is 2.19. The number of aryl methyl sites for hydroxylation is 3. The van der Waals surface area contributed by atoms with Gasteiger partial charge in [0.1, 0.15) is 0 Å². The van der Waals surface area contributed by atoms with E-state index >= 15 is 0 Å². The van der Waals surface area contributed by atoms with E-state index in [4.69, 9.17) is 0 Å². The first kappa shape index (κ1) is 15.2. The lowest BCUT2D eigenvalue weighted by Gasteiger charge is -2.11. The Morgan fingerprint density at radius 3 is 2.11 bits per heavy atom. The molecule has 0 aliphatic carbocycles. The second-order valence-electron chi connectivity index (χ2n) is 5.40. The van der Waals surface area contributed by atoms with Gasteiger partial charge in [0.15, 0.2) is 0 Å². The van der Waals surface area contributed by atoms with E-state index in [0.717, 1.165) is 6.54 Å². The van der Waals surface area contributed by atoms with Crippen molar-refractivity contribution in [3.8, 4) is 0 Å². The van der Waals surface area contributed by atoms with Gasteiger partial charge >= 0.3 is 0 Å². The SMILES string of the molecule is CCNCCCCCCc1c(C)cc(C)cc1C. The largest absolute Gasteiger partial charge is 0.317 e. The Morgan fingerprint density at radius 2 is 1.50 bits per heavy atom. The Balaban J connectivity index is 2.27. The average Bonchev–Trinajstić information content (AvgIpc) is 2.30. The summed E-state index contributed by atoms with van der Waals surface area (Å²) in [5.74, 6) is 0. The molecule has 0 amide bonds. The average molecular weight is 247 g/mol. The zero-order chi connectivity index (χ0) is 13.4. The molecule has 0 spiro atoms. The molecular weight excluding hydrogens is 218 g/mol. The molecule has 1 nitrogen and oxygen atoms in total. The molecular formula is C17H29N. The van der Waals surface area contributed by atoms with Crippen molar-refractivity contribution in [3.05, 3.63) is 34.4 Å². The van der Waals surface area contributed by atoms with Crippen LogP contribution in [-0.4, -0.2) is 13.1 Å². The van der Waals surface area contributed by atoms with Crippen molar-refractivity contribution < 1.29 is 0 Å². The molecule has 1 aromatic rings. The lowest BCUT2D eigenvalue weighted by Crippen LogP contribution is -2.13. The maximum absolute atomic E-state index is 3.38. The lowest BCUT2D eigenvalue weighted by molar-refractivity contribution is 0.597. The summed E-state index contributed by atoms with van der Waals surface area (Å²) in [5, 5.41) is 3.38. The molecule has 1 N–H and O–H groups in total. The summed E-state index contributed by atoms with van der Waals surface area (Å²) in [7, 11) is 0. The summed E-state index contributed by atoms with van der Waals surface area (Å²) in [4.78, 5) is 0. The Bertz CT molecular complexity index is 332. The van der Waals surface area contributed by atoms with Crippen LogP contribution in [0.3, 0.4) is 0 Å². The van der Waals surface area contributed by atoms with Gasteiger partial charge in [-0.3, -0.25) is 0 Å². The van der Waals surface area contributed by atoms with Crippen LogP contribution in [0.2, 0.25) is 0 Å². The molecule has 0 heterocycles. The number of hydrogen-bond donors (Lipinski definition) is 1. The predicted molar refractivity (Wildman–Crippen MR) is 81.4 cm³/mol. The van der Waals surface area contributed by atoms with Gasteiger partial charge in [0.25, 0.3) is 0 Å². The van der Waals surface area contributed by atoms with E-state index in [-0.39, 0.29) is 0 Å². The lowest BCUT2D eigenvalue weighted by atomic mass is 9.95. The first-order chi connectivity index (χ1) is 8.65. The fourth-order valence-electron chi connectivity index (χ4n) is 2.69. The van der Waals surface area contributed by atoms with Crippen LogP contribution in [-0.2, 0) is 6.42 Å². The van der Waals surface area contributed by atoms with Crippen LogP contribution in [0.4, 0.5) is 0 Å². The quantitative estimate of drug-likeness (QED) is 0.674. The molecule has 0 radical (unpaired) electrons. The van der Waals surface area contributed by atoms with Crippen LogP contribution in [0.1, 0.15) is 54.9 Å². The fourth-order valence-corrected chi connectivity index (χ4v) is 2.69. The highest BCUT2D eigenvalue weighted by molar-refractivity contribution is 5.37. The normalized spacial score (nSPS) is 10.9. The minimum atomic E-state index is 1.10. The molecule has 1 heteroatoms. The number of unbranched alkanes of at least 4 members (excludes halogenated alkanes) is 3. The zero-order valence-corrected chi connectivity index (χ0v) is 12.6. The Labute approximate surface area is 113 Å². The van der Waals surface area contributed by atoms with Gasteiger partial charge in [0.05, 0.1) is 0 Å². The molecule has 0 saturated heterocycles. The first-order valence-corrected chi connectivity index (χ1v) is 7.42. The van der Waals surface area contributed by atoms with Crippen molar-refractivity contribution in [1.82, 2.24) is 5.32 Å². The highest BCUT2D eigenvalue weighted by atomic mass is 14.8. The maximum Gasteiger partial charge on any atom is -0.00490 e. The third-order valence-corrected chi connectivity index (χ3v) is 3.62. The molecule has 0 saturated carbocycles. The molecule has 0 aliphatic heterocycles. The monoisotopic (exact) mass is 247 g/mol. The third-order valence-electron chi connectivity index (χ3n) is 3.62. The number of hydrogen-bond acceptors (Lipinski definition) is 1. The molecule has 0 fully saturated rings. The predicted octanol–water partition coefficient (Wildman–Crippen LogP) is 4.32. The third kappa shape index (κ3) is 5.22. The standard InChI is InChI=1S/C17H29N/c1-5-18-11-9-7-6-8-10-17-15(3)12-14(2)13-16(17)4/h12-13,18H,5-11H2,1-4H3. The van der Waals surface area contributed by atoms with Crippen LogP contribution in [0, 0.1) is 20.8 Å². The van der Waals surface area contributed by atoms with E-state index in [1.54, 1.807) is 5.56 Å². The van der Waals surface area contributed by atoms with Gasteiger partial charge in [-0.2, -0.15) is 0 Å². The van der Waals surface area contributed by atoms with Crippen molar-refractivity contribution in [3.63, 3.8) is 0 Å². The molecule has 1 aromatic carbocycles. The van der Waals surface area contributed by atoms with E-state index in [2.05, 4.69) is 45.1 Å². The van der Waals surface area contributed by atoms with Crippen LogP contribution >= 0.6 is 0 Å². The first-order valence-electron chi connectivity index (χ1n) is 7.42.